The standard InChI is InChI=1S/C30H32FNO4/c1-3-5-21-8-10-22(11-9-21)18-30(2)15-14-24-17-25(12-13-27(24)36-30)29(35)32(20-28(33)34)19-23-6-4-7-26(31)16-23/h4,6-13,16-17H,3,5,14-15,18-20H2,1-2H3,(H,33,34)/t30-/m1/s1. The smallest absolute Gasteiger partial charge is 0.323 e. The van der Waals surface area contributed by atoms with Crippen molar-refractivity contribution >= 4 is 11.9 Å². The number of aliphatic carboxylic acids is 1. The van der Waals surface area contributed by atoms with Crippen molar-refractivity contribution < 1.29 is 23.8 Å². The lowest BCUT2D eigenvalue weighted by Gasteiger charge is -2.36. The Morgan fingerprint density at radius 2 is 1.78 bits per heavy atom. The number of carbonyl (C=O) groups excluding carboxylic acids is 1. The number of hydrogen-bond donors (Lipinski definition) is 1. The Bertz CT molecular complexity index is 1240. The molecule has 0 fully saturated rings. The van der Waals surface area contributed by atoms with Crippen molar-refractivity contribution in [3.05, 3.63) is 100 Å². The van der Waals surface area contributed by atoms with Crippen LogP contribution < -0.4 is 4.74 Å². The lowest BCUT2D eigenvalue weighted by atomic mass is 9.86. The van der Waals surface area contributed by atoms with E-state index in [1.54, 1.807) is 30.3 Å². The van der Waals surface area contributed by atoms with Crippen LogP contribution in [0.2, 0.25) is 0 Å². The van der Waals surface area contributed by atoms with Crippen molar-refractivity contribution in [3.63, 3.8) is 0 Å². The number of benzene rings is 3. The van der Waals surface area contributed by atoms with Gasteiger partial charge in [0.15, 0.2) is 0 Å². The Morgan fingerprint density at radius 3 is 2.47 bits per heavy atom. The number of halogens is 1. The summed E-state index contributed by atoms with van der Waals surface area (Å²) in [5.41, 5.74) is 4.08. The highest BCUT2D eigenvalue weighted by Crippen LogP contribution is 2.36. The van der Waals surface area contributed by atoms with Crippen molar-refractivity contribution in [2.75, 3.05) is 6.54 Å². The van der Waals surface area contributed by atoms with Crippen LogP contribution in [-0.2, 0) is 30.6 Å². The fourth-order valence-corrected chi connectivity index (χ4v) is 4.79. The van der Waals surface area contributed by atoms with Crippen molar-refractivity contribution in [3.8, 4) is 5.75 Å². The predicted molar refractivity (Wildman–Crippen MR) is 137 cm³/mol. The monoisotopic (exact) mass is 489 g/mol. The van der Waals surface area contributed by atoms with Crippen LogP contribution in [0, 0.1) is 5.82 Å². The van der Waals surface area contributed by atoms with Gasteiger partial charge in [-0.3, -0.25) is 9.59 Å². The minimum atomic E-state index is -1.13. The Hall–Kier alpha value is -3.67. The first-order valence-electron chi connectivity index (χ1n) is 12.4. The van der Waals surface area contributed by atoms with E-state index in [1.807, 2.05) is 0 Å². The van der Waals surface area contributed by atoms with Gasteiger partial charge in [-0.15, -0.1) is 0 Å². The second-order valence-electron chi connectivity index (χ2n) is 9.80. The number of carboxylic acids is 1. The fraction of sp³-hybridized carbons (Fsp3) is 0.333. The number of carboxylic acid groups (broad SMARTS) is 1. The molecule has 1 atom stereocenters. The average molecular weight is 490 g/mol. The van der Waals surface area contributed by atoms with Crippen LogP contribution >= 0.6 is 0 Å². The molecule has 1 N–H and O–H groups in total. The zero-order valence-corrected chi connectivity index (χ0v) is 20.8. The maximum Gasteiger partial charge on any atom is 0.323 e. The molecule has 188 valence electrons. The van der Waals surface area contributed by atoms with Gasteiger partial charge in [0.1, 0.15) is 23.7 Å². The first kappa shape index (κ1) is 25.4. The average Bonchev–Trinajstić information content (AvgIpc) is 2.84. The Labute approximate surface area is 211 Å². The zero-order chi connectivity index (χ0) is 25.7. The highest BCUT2D eigenvalue weighted by Gasteiger charge is 2.32. The van der Waals surface area contributed by atoms with E-state index < -0.39 is 24.2 Å². The molecule has 1 heterocycles. The van der Waals surface area contributed by atoms with Crippen LogP contribution in [0.25, 0.3) is 0 Å². The Balaban J connectivity index is 1.48. The summed E-state index contributed by atoms with van der Waals surface area (Å²) < 4.78 is 20.0. The van der Waals surface area contributed by atoms with E-state index in [0.29, 0.717) is 11.1 Å². The molecule has 0 radical (unpaired) electrons. The zero-order valence-electron chi connectivity index (χ0n) is 20.8. The summed E-state index contributed by atoms with van der Waals surface area (Å²) in [6, 6.07) is 19.8. The summed E-state index contributed by atoms with van der Waals surface area (Å²) in [6.07, 6.45) is 4.55. The van der Waals surface area contributed by atoms with Gasteiger partial charge in [-0.05, 0) is 78.8 Å². The van der Waals surface area contributed by atoms with E-state index in [-0.39, 0.29) is 12.1 Å². The maximum absolute atomic E-state index is 13.6. The molecule has 0 unspecified atom stereocenters. The summed E-state index contributed by atoms with van der Waals surface area (Å²) in [4.78, 5) is 25.9. The predicted octanol–water partition coefficient (Wildman–Crippen LogP) is 5.83. The second kappa shape index (κ2) is 10.9. The summed E-state index contributed by atoms with van der Waals surface area (Å²) in [5.74, 6) is -1.22. The fourth-order valence-electron chi connectivity index (χ4n) is 4.79. The normalized spacial score (nSPS) is 16.6. The van der Waals surface area contributed by atoms with Crippen molar-refractivity contribution in [2.24, 2.45) is 0 Å². The lowest BCUT2D eigenvalue weighted by Crippen LogP contribution is -2.39. The van der Waals surface area contributed by atoms with Crippen LogP contribution in [0.5, 0.6) is 5.75 Å². The number of rotatable bonds is 9. The van der Waals surface area contributed by atoms with Gasteiger partial charge in [0, 0.05) is 18.5 Å². The Kier molecular flexibility index (Phi) is 7.73. The summed E-state index contributed by atoms with van der Waals surface area (Å²) >= 11 is 0. The van der Waals surface area contributed by atoms with Crippen LogP contribution in [0.15, 0.2) is 66.7 Å². The molecule has 0 saturated carbocycles. The van der Waals surface area contributed by atoms with Gasteiger partial charge in [0.05, 0.1) is 0 Å². The number of fused-ring (bicyclic) bond motifs is 1. The topological polar surface area (TPSA) is 66.8 Å². The minimum absolute atomic E-state index is 0.00555. The highest BCUT2D eigenvalue weighted by atomic mass is 19.1. The van der Waals surface area contributed by atoms with Gasteiger partial charge in [-0.2, -0.15) is 0 Å². The minimum Gasteiger partial charge on any atom is -0.487 e. The molecule has 0 aromatic heterocycles. The number of ether oxygens (including phenoxy) is 1. The first-order valence-corrected chi connectivity index (χ1v) is 12.4. The third kappa shape index (κ3) is 6.30. The molecule has 6 heteroatoms. The van der Waals surface area contributed by atoms with Crippen molar-refractivity contribution in [1.82, 2.24) is 4.90 Å². The molecule has 0 aliphatic carbocycles. The van der Waals surface area contributed by atoms with Gasteiger partial charge in [-0.1, -0.05) is 49.7 Å². The van der Waals surface area contributed by atoms with Gasteiger partial charge in [0.25, 0.3) is 5.91 Å². The molecule has 3 aromatic carbocycles. The third-order valence-electron chi connectivity index (χ3n) is 6.60. The van der Waals surface area contributed by atoms with E-state index >= 15 is 0 Å². The molecule has 1 aliphatic rings. The molecule has 0 saturated heterocycles. The number of amides is 1. The van der Waals surface area contributed by atoms with Crippen LogP contribution in [0.3, 0.4) is 0 Å². The molecule has 3 aromatic rings. The summed E-state index contributed by atoms with van der Waals surface area (Å²) in [5, 5.41) is 9.34. The quantitative estimate of drug-likeness (QED) is 0.411. The molecule has 0 bridgehead atoms. The van der Waals surface area contributed by atoms with E-state index in [4.69, 9.17) is 4.74 Å². The number of carbonyl (C=O) groups is 2. The van der Waals surface area contributed by atoms with E-state index in [0.717, 1.165) is 43.4 Å². The van der Waals surface area contributed by atoms with Crippen LogP contribution in [0.4, 0.5) is 4.39 Å². The molecule has 0 spiro atoms. The molecular weight excluding hydrogens is 457 g/mol. The lowest BCUT2D eigenvalue weighted by molar-refractivity contribution is -0.137. The number of nitrogens with zero attached hydrogens (tertiary/aromatic N) is 1. The summed E-state index contributed by atoms with van der Waals surface area (Å²) in [6.45, 7) is 3.82. The Morgan fingerprint density at radius 1 is 1.03 bits per heavy atom. The number of aryl methyl sites for hydroxylation is 2. The molecule has 36 heavy (non-hydrogen) atoms. The number of hydrogen-bond acceptors (Lipinski definition) is 3. The third-order valence-corrected chi connectivity index (χ3v) is 6.60. The highest BCUT2D eigenvalue weighted by molar-refractivity contribution is 5.96. The largest absolute Gasteiger partial charge is 0.487 e. The first-order chi connectivity index (χ1) is 17.2. The van der Waals surface area contributed by atoms with Crippen LogP contribution in [-0.4, -0.2) is 34.0 Å². The molecule has 4 rings (SSSR count). The van der Waals surface area contributed by atoms with Gasteiger partial charge >= 0.3 is 5.97 Å². The van der Waals surface area contributed by atoms with E-state index in [2.05, 4.69) is 38.1 Å². The molecular formula is C30H32FNO4. The van der Waals surface area contributed by atoms with Crippen molar-refractivity contribution in [1.29, 1.82) is 0 Å². The maximum atomic E-state index is 13.6. The van der Waals surface area contributed by atoms with Gasteiger partial charge in [0.2, 0.25) is 0 Å². The molecule has 1 aliphatic heterocycles. The van der Waals surface area contributed by atoms with Crippen LogP contribution in [0.1, 0.15) is 59.3 Å². The molecule has 1 amide bonds. The molecule has 5 nitrogen and oxygen atoms in total. The van der Waals surface area contributed by atoms with Gasteiger partial charge in [-0.25, -0.2) is 4.39 Å². The van der Waals surface area contributed by atoms with Gasteiger partial charge < -0.3 is 14.7 Å². The van der Waals surface area contributed by atoms with E-state index in [9.17, 15) is 19.1 Å². The van der Waals surface area contributed by atoms with E-state index in [1.165, 1.54) is 28.2 Å². The SMILES string of the molecule is CCCc1ccc(C[C@@]2(C)CCc3cc(C(=O)N(CC(=O)O)Cc4cccc(F)c4)ccc3O2)cc1. The van der Waals surface area contributed by atoms with Crippen molar-refractivity contribution in [2.45, 2.75) is 58.1 Å². The summed E-state index contributed by atoms with van der Waals surface area (Å²) in [7, 11) is 0. The second-order valence-corrected chi connectivity index (χ2v) is 9.80.